The number of nitrogens with zero attached hydrogens (tertiary/aromatic N) is 1. The van der Waals surface area contributed by atoms with E-state index < -0.39 is 0 Å². The number of morpholine rings is 1. The molecule has 142 valence electrons. The second kappa shape index (κ2) is 8.55. The molecule has 1 saturated heterocycles. The van der Waals surface area contributed by atoms with Gasteiger partial charge in [0, 0.05) is 24.2 Å². The fourth-order valence-electron chi connectivity index (χ4n) is 3.89. The van der Waals surface area contributed by atoms with Crippen molar-refractivity contribution in [3.63, 3.8) is 0 Å². The number of nitrogens with one attached hydrogen (secondary N) is 1. The van der Waals surface area contributed by atoms with Crippen LogP contribution in [0.2, 0.25) is 0 Å². The van der Waals surface area contributed by atoms with Crippen LogP contribution in [-0.4, -0.2) is 49.7 Å². The smallest absolute Gasteiger partial charge is 0.251 e. The number of ether oxygens (including phenoxy) is 2. The third-order valence-electron chi connectivity index (χ3n) is 5.32. The number of rotatable bonds is 6. The number of carbonyl (C=O) groups is 1. The molecule has 5 nitrogen and oxygen atoms in total. The first-order chi connectivity index (χ1) is 13.3. The second-order valence-corrected chi connectivity index (χ2v) is 7.07. The van der Waals surface area contributed by atoms with Gasteiger partial charge in [-0.1, -0.05) is 36.4 Å². The maximum absolute atomic E-state index is 12.1. The summed E-state index contributed by atoms with van der Waals surface area (Å²) in [6.07, 6.45) is 2.10. The van der Waals surface area contributed by atoms with Crippen molar-refractivity contribution in [2.24, 2.45) is 0 Å². The second-order valence-electron chi connectivity index (χ2n) is 7.07. The van der Waals surface area contributed by atoms with Crippen molar-refractivity contribution in [1.29, 1.82) is 0 Å². The van der Waals surface area contributed by atoms with Gasteiger partial charge in [-0.2, -0.15) is 0 Å². The van der Waals surface area contributed by atoms with E-state index >= 15 is 0 Å². The van der Waals surface area contributed by atoms with E-state index in [4.69, 9.17) is 9.47 Å². The molecular weight excluding hydrogens is 340 g/mol. The summed E-state index contributed by atoms with van der Waals surface area (Å²) in [5.74, 6) is 0.948. The van der Waals surface area contributed by atoms with Gasteiger partial charge in [-0.05, 0) is 37.6 Å². The molecule has 2 aliphatic rings. The van der Waals surface area contributed by atoms with Crippen LogP contribution in [0.4, 0.5) is 0 Å². The predicted molar refractivity (Wildman–Crippen MR) is 104 cm³/mol. The molecule has 0 spiro atoms. The SMILES string of the molecule is O=C(NCCCCN1CCO[C@@H]2c3ccccc3OC[C@H]21)c1ccccc1. The zero-order valence-corrected chi connectivity index (χ0v) is 15.5. The highest BCUT2D eigenvalue weighted by atomic mass is 16.5. The average Bonchev–Trinajstić information content (AvgIpc) is 2.74. The molecule has 2 heterocycles. The van der Waals surface area contributed by atoms with Gasteiger partial charge in [-0.25, -0.2) is 0 Å². The topological polar surface area (TPSA) is 50.8 Å². The third kappa shape index (κ3) is 4.15. The number of hydrogen-bond donors (Lipinski definition) is 1. The Morgan fingerprint density at radius 1 is 1.07 bits per heavy atom. The normalized spacial score (nSPS) is 21.6. The Hall–Kier alpha value is -2.37. The molecule has 1 fully saturated rings. The number of unbranched alkanes of at least 4 members (excludes halogenated alkanes) is 1. The van der Waals surface area contributed by atoms with Crippen molar-refractivity contribution in [2.75, 3.05) is 32.8 Å². The predicted octanol–water partition coefficient (Wildman–Crippen LogP) is 3.03. The maximum Gasteiger partial charge on any atom is 0.251 e. The molecule has 27 heavy (non-hydrogen) atoms. The van der Waals surface area contributed by atoms with Crippen LogP contribution in [0.1, 0.15) is 34.9 Å². The van der Waals surface area contributed by atoms with E-state index in [1.54, 1.807) is 0 Å². The van der Waals surface area contributed by atoms with Gasteiger partial charge in [0.25, 0.3) is 5.91 Å². The standard InChI is InChI=1S/C22H26N2O3/c25-22(17-8-2-1-3-9-17)23-12-6-7-13-24-14-15-26-21-18-10-4-5-11-20(18)27-16-19(21)24/h1-5,8-11,19,21H,6-7,12-16H2,(H,23,25)/t19-,21-/m1/s1. The molecule has 5 heteroatoms. The van der Waals surface area contributed by atoms with E-state index in [1.807, 2.05) is 48.5 Å². The van der Waals surface area contributed by atoms with Crippen molar-refractivity contribution >= 4 is 5.91 Å². The summed E-state index contributed by atoms with van der Waals surface area (Å²) in [4.78, 5) is 14.5. The van der Waals surface area contributed by atoms with Gasteiger partial charge in [-0.15, -0.1) is 0 Å². The fourth-order valence-corrected chi connectivity index (χ4v) is 3.89. The Morgan fingerprint density at radius 2 is 1.89 bits per heavy atom. The highest BCUT2D eigenvalue weighted by Crippen LogP contribution is 2.38. The van der Waals surface area contributed by atoms with E-state index in [0.717, 1.165) is 43.9 Å². The molecule has 1 N–H and O–H groups in total. The van der Waals surface area contributed by atoms with Crippen molar-refractivity contribution in [3.8, 4) is 5.75 Å². The Bertz CT molecular complexity index is 765. The lowest BCUT2D eigenvalue weighted by Gasteiger charge is -2.44. The monoisotopic (exact) mass is 366 g/mol. The molecule has 2 aromatic rings. The van der Waals surface area contributed by atoms with Crippen LogP contribution in [-0.2, 0) is 4.74 Å². The summed E-state index contributed by atoms with van der Waals surface area (Å²) in [6.45, 7) is 4.05. The van der Waals surface area contributed by atoms with E-state index in [9.17, 15) is 4.79 Å². The molecule has 0 aliphatic carbocycles. The molecule has 0 saturated carbocycles. The largest absolute Gasteiger partial charge is 0.491 e. The van der Waals surface area contributed by atoms with Crippen LogP contribution in [0.3, 0.4) is 0 Å². The molecule has 2 aromatic carbocycles. The highest BCUT2D eigenvalue weighted by Gasteiger charge is 2.38. The number of benzene rings is 2. The summed E-state index contributed by atoms with van der Waals surface area (Å²) >= 11 is 0. The van der Waals surface area contributed by atoms with E-state index in [-0.39, 0.29) is 18.1 Å². The van der Waals surface area contributed by atoms with Crippen molar-refractivity contribution in [2.45, 2.75) is 25.0 Å². The Kier molecular flexibility index (Phi) is 5.70. The summed E-state index contributed by atoms with van der Waals surface area (Å²) < 4.78 is 12.0. The van der Waals surface area contributed by atoms with Crippen LogP contribution in [0.15, 0.2) is 54.6 Å². The number of para-hydroxylation sites is 1. The van der Waals surface area contributed by atoms with Gasteiger partial charge in [0.15, 0.2) is 0 Å². The minimum Gasteiger partial charge on any atom is -0.491 e. The molecule has 0 aromatic heterocycles. The van der Waals surface area contributed by atoms with Gasteiger partial charge >= 0.3 is 0 Å². The quantitative estimate of drug-likeness (QED) is 0.799. The van der Waals surface area contributed by atoms with Gasteiger partial charge in [0.1, 0.15) is 18.5 Å². The maximum atomic E-state index is 12.1. The zero-order chi connectivity index (χ0) is 18.5. The zero-order valence-electron chi connectivity index (χ0n) is 15.5. The van der Waals surface area contributed by atoms with E-state index in [1.165, 1.54) is 0 Å². The number of carbonyl (C=O) groups excluding carboxylic acids is 1. The molecule has 1 amide bonds. The first-order valence-electron chi connectivity index (χ1n) is 9.73. The molecule has 4 rings (SSSR count). The summed E-state index contributed by atoms with van der Waals surface area (Å²) in [6, 6.07) is 17.8. The van der Waals surface area contributed by atoms with Crippen LogP contribution in [0.25, 0.3) is 0 Å². The van der Waals surface area contributed by atoms with Gasteiger partial charge in [-0.3, -0.25) is 9.69 Å². The highest BCUT2D eigenvalue weighted by molar-refractivity contribution is 5.94. The van der Waals surface area contributed by atoms with Crippen molar-refractivity contribution < 1.29 is 14.3 Å². The molecule has 0 radical (unpaired) electrons. The molecule has 2 atom stereocenters. The van der Waals surface area contributed by atoms with Gasteiger partial charge < -0.3 is 14.8 Å². The number of amides is 1. The summed E-state index contributed by atoms with van der Waals surface area (Å²) in [5.41, 5.74) is 1.88. The van der Waals surface area contributed by atoms with E-state index in [2.05, 4.69) is 16.3 Å². The first-order valence-corrected chi connectivity index (χ1v) is 9.73. The van der Waals surface area contributed by atoms with Crippen LogP contribution >= 0.6 is 0 Å². The molecule has 2 aliphatic heterocycles. The number of hydrogen-bond acceptors (Lipinski definition) is 4. The third-order valence-corrected chi connectivity index (χ3v) is 5.32. The molecular formula is C22H26N2O3. The lowest BCUT2D eigenvalue weighted by Crippen LogP contribution is -2.52. The summed E-state index contributed by atoms with van der Waals surface area (Å²) in [7, 11) is 0. The van der Waals surface area contributed by atoms with Crippen molar-refractivity contribution in [1.82, 2.24) is 10.2 Å². The first kappa shape index (κ1) is 18.0. The fraction of sp³-hybridized carbons (Fsp3) is 0.409. The average molecular weight is 366 g/mol. The summed E-state index contributed by atoms with van der Waals surface area (Å²) in [5, 5.41) is 3.00. The Balaban J connectivity index is 1.24. The van der Waals surface area contributed by atoms with Crippen molar-refractivity contribution in [3.05, 3.63) is 65.7 Å². The van der Waals surface area contributed by atoms with Crippen LogP contribution in [0.5, 0.6) is 5.75 Å². The lowest BCUT2D eigenvalue weighted by atomic mass is 9.96. The Labute approximate surface area is 160 Å². The minimum atomic E-state index is -0.000626. The van der Waals surface area contributed by atoms with Gasteiger partial charge in [0.05, 0.1) is 12.6 Å². The molecule has 0 unspecified atom stereocenters. The number of fused-ring (bicyclic) bond motifs is 3. The van der Waals surface area contributed by atoms with Crippen LogP contribution in [0, 0.1) is 0 Å². The Morgan fingerprint density at radius 3 is 2.78 bits per heavy atom. The van der Waals surface area contributed by atoms with Gasteiger partial charge in [0.2, 0.25) is 0 Å². The molecule has 0 bridgehead atoms. The van der Waals surface area contributed by atoms with E-state index in [0.29, 0.717) is 18.7 Å². The minimum absolute atomic E-state index is 0.000626. The van der Waals surface area contributed by atoms with Crippen LogP contribution < -0.4 is 10.1 Å². The lowest BCUT2D eigenvalue weighted by molar-refractivity contribution is -0.0960.